The third-order valence-corrected chi connectivity index (χ3v) is 9.51. The van der Waals surface area contributed by atoms with Crippen molar-refractivity contribution in [2.24, 2.45) is 0 Å². The van der Waals surface area contributed by atoms with E-state index in [4.69, 9.17) is 0 Å². The molecule has 4 aromatic carbocycles. The Balaban J connectivity index is 1.25. The van der Waals surface area contributed by atoms with Gasteiger partial charge in [-0.15, -0.1) is 0 Å². The van der Waals surface area contributed by atoms with Gasteiger partial charge in [0.25, 0.3) is 0 Å². The third kappa shape index (κ3) is 10.5. The first-order chi connectivity index (χ1) is 26.3. The number of alkyl halides is 6. The zero-order valence-electron chi connectivity index (χ0n) is 29.7. The van der Waals surface area contributed by atoms with Crippen molar-refractivity contribution in [3.05, 3.63) is 167 Å². The normalized spacial score (nSPS) is 14.5. The molecule has 55 heavy (non-hydrogen) atoms. The Morgan fingerprint density at radius 1 is 0.673 bits per heavy atom. The van der Waals surface area contributed by atoms with Crippen LogP contribution < -0.4 is 0 Å². The average molecular weight is 757 g/mol. The van der Waals surface area contributed by atoms with E-state index in [0.717, 1.165) is 52.2 Å². The predicted octanol–water partition coefficient (Wildman–Crippen LogP) is 8.78. The monoisotopic (exact) mass is 756 g/mol. The van der Waals surface area contributed by atoms with Crippen LogP contribution in [0, 0.1) is 0 Å². The maximum Gasteiger partial charge on any atom is 0.416 e. The van der Waals surface area contributed by atoms with Crippen LogP contribution in [0.25, 0.3) is 17.3 Å². The lowest BCUT2D eigenvalue weighted by Crippen LogP contribution is -2.56. The highest BCUT2D eigenvalue weighted by Crippen LogP contribution is 2.30. The molecule has 0 bridgehead atoms. The molecule has 12 heteroatoms. The van der Waals surface area contributed by atoms with Gasteiger partial charge >= 0.3 is 12.4 Å². The molecule has 0 saturated carbocycles. The van der Waals surface area contributed by atoms with Crippen molar-refractivity contribution in [1.29, 1.82) is 0 Å². The Morgan fingerprint density at radius 3 is 1.84 bits per heavy atom. The highest BCUT2D eigenvalue weighted by Gasteiger charge is 2.35. The Kier molecular flexibility index (Phi) is 12.1. The summed E-state index contributed by atoms with van der Waals surface area (Å²) in [6, 6.07) is 31.0. The molecule has 1 fully saturated rings. The largest absolute Gasteiger partial charge is 0.416 e. The molecule has 1 aliphatic rings. The molecule has 1 saturated heterocycles. The van der Waals surface area contributed by atoms with Crippen LogP contribution in [0.4, 0.5) is 26.3 Å². The van der Waals surface area contributed by atoms with E-state index in [-0.39, 0.29) is 18.9 Å². The maximum atomic E-state index is 14.5. The number of carbonyl (C=O) groups is 2. The van der Waals surface area contributed by atoms with Gasteiger partial charge in [0.1, 0.15) is 6.04 Å². The van der Waals surface area contributed by atoms with Gasteiger partial charge in [-0.25, -0.2) is 0 Å². The van der Waals surface area contributed by atoms with Crippen LogP contribution in [-0.2, 0) is 41.5 Å². The molecule has 0 aliphatic carbocycles. The lowest BCUT2D eigenvalue weighted by Gasteiger charge is -2.39. The first-order valence-electron chi connectivity index (χ1n) is 17.7. The highest BCUT2D eigenvalue weighted by molar-refractivity contribution is 5.95. The number of amides is 2. The second-order valence-corrected chi connectivity index (χ2v) is 13.3. The fraction of sp³-hybridized carbons (Fsp3) is 0.233. The molecule has 5 aromatic rings. The van der Waals surface area contributed by atoms with Crippen LogP contribution in [0.1, 0.15) is 33.4 Å². The maximum absolute atomic E-state index is 14.5. The van der Waals surface area contributed by atoms with E-state index in [1.54, 1.807) is 11.1 Å². The molecule has 0 N–H and O–H groups in total. The standard InChI is InChI=1S/C43H38F6N4O2/c44-42(45,46)36-18-11-31(12-19-36)15-22-40(54)53(30-34-9-16-35(17-10-34)38-8-4-5-23-50-38)39(28-32-6-2-1-3-7-32)41(55)52-26-24-51(25-27-52)29-33-13-20-37(21-14-33)43(47,48)49/h1-23,39H,24-30H2/t39-/m0/s1. The van der Waals surface area contributed by atoms with Gasteiger partial charge in [-0.2, -0.15) is 26.3 Å². The van der Waals surface area contributed by atoms with Gasteiger partial charge in [0, 0.05) is 63.5 Å². The van der Waals surface area contributed by atoms with E-state index in [9.17, 15) is 35.9 Å². The average Bonchev–Trinajstić information content (AvgIpc) is 3.19. The van der Waals surface area contributed by atoms with Crippen molar-refractivity contribution in [1.82, 2.24) is 19.7 Å². The number of nitrogens with zero attached hydrogens (tertiary/aromatic N) is 4. The minimum atomic E-state index is -4.50. The molecule has 1 atom stereocenters. The molecule has 0 unspecified atom stereocenters. The van der Waals surface area contributed by atoms with E-state index in [1.165, 1.54) is 41.3 Å². The Labute approximate surface area is 315 Å². The number of rotatable bonds is 11. The van der Waals surface area contributed by atoms with E-state index >= 15 is 0 Å². The van der Waals surface area contributed by atoms with Gasteiger partial charge < -0.3 is 9.80 Å². The second kappa shape index (κ2) is 17.2. The van der Waals surface area contributed by atoms with Crippen LogP contribution >= 0.6 is 0 Å². The number of aromatic nitrogens is 1. The van der Waals surface area contributed by atoms with E-state index in [0.29, 0.717) is 38.3 Å². The number of piperazine rings is 1. The molecule has 2 amide bonds. The fourth-order valence-corrected chi connectivity index (χ4v) is 6.46. The summed E-state index contributed by atoms with van der Waals surface area (Å²) in [6.07, 6.45) is -4.31. The summed E-state index contributed by atoms with van der Waals surface area (Å²) < 4.78 is 78.7. The molecular weight excluding hydrogens is 718 g/mol. The van der Waals surface area contributed by atoms with Crippen LogP contribution in [0.15, 0.2) is 134 Å². The summed E-state index contributed by atoms with van der Waals surface area (Å²) >= 11 is 0. The first kappa shape index (κ1) is 39.0. The first-order valence-corrected chi connectivity index (χ1v) is 17.7. The lowest BCUT2D eigenvalue weighted by molar-refractivity contribution is -0.145. The molecule has 0 radical (unpaired) electrons. The molecule has 2 heterocycles. The van der Waals surface area contributed by atoms with E-state index in [2.05, 4.69) is 9.88 Å². The van der Waals surface area contributed by atoms with Crippen molar-refractivity contribution in [2.75, 3.05) is 26.2 Å². The molecule has 6 nitrogen and oxygen atoms in total. The van der Waals surface area contributed by atoms with Crippen molar-refractivity contribution in [3.63, 3.8) is 0 Å². The SMILES string of the molecule is O=C([C@H](Cc1ccccc1)N(Cc1ccc(-c2ccccn2)cc1)C(=O)C=Cc1ccc(C(F)(F)F)cc1)N1CCN(Cc2ccc(C(F)(F)F)cc2)CC1. The van der Waals surface area contributed by atoms with Crippen LogP contribution in [0.2, 0.25) is 0 Å². The predicted molar refractivity (Wildman–Crippen MR) is 198 cm³/mol. The summed E-state index contributed by atoms with van der Waals surface area (Å²) in [6.45, 7) is 2.11. The minimum absolute atomic E-state index is 0.0653. The van der Waals surface area contributed by atoms with Gasteiger partial charge in [-0.05, 0) is 64.7 Å². The summed E-state index contributed by atoms with van der Waals surface area (Å²) in [7, 11) is 0. The zero-order valence-corrected chi connectivity index (χ0v) is 29.7. The Bertz CT molecular complexity index is 2040. The van der Waals surface area contributed by atoms with Crippen molar-refractivity contribution >= 4 is 17.9 Å². The summed E-state index contributed by atoms with van der Waals surface area (Å²) in [5.74, 6) is -0.761. The van der Waals surface area contributed by atoms with E-state index < -0.39 is 35.4 Å². The van der Waals surface area contributed by atoms with Crippen molar-refractivity contribution < 1.29 is 35.9 Å². The molecule has 6 rings (SSSR count). The van der Waals surface area contributed by atoms with Gasteiger partial charge in [-0.3, -0.25) is 19.5 Å². The van der Waals surface area contributed by atoms with Gasteiger partial charge in [-0.1, -0.05) is 84.9 Å². The third-order valence-electron chi connectivity index (χ3n) is 9.51. The van der Waals surface area contributed by atoms with Crippen molar-refractivity contribution in [2.45, 2.75) is 37.9 Å². The number of carbonyl (C=O) groups excluding carboxylic acids is 2. The van der Waals surface area contributed by atoms with E-state index in [1.807, 2.05) is 72.8 Å². The number of pyridine rings is 1. The zero-order chi connectivity index (χ0) is 39.0. The van der Waals surface area contributed by atoms with Gasteiger partial charge in [0.2, 0.25) is 11.8 Å². The fourth-order valence-electron chi connectivity index (χ4n) is 6.46. The number of benzene rings is 4. The van der Waals surface area contributed by atoms with Crippen molar-refractivity contribution in [3.8, 4) is 11.3 Å². The second-order valence-electron chi connectivity index (χ2n) is 13.3. The molecular formula is C43H38F6N4O2. The minimum Gasteiger partial charge on any atom is -0.338 e. The lowest BCUT2D eigenvalue weighted by atomic mass is 10.0. The molecule has 1 aromatic heterocycles. The summed E-state index contributed by atoms with van der Waals surface area (Å²) in [4.78, 5) is 38.4. The van der Waals surface area contributed by atoms with Gasteiger partial charge in [0.15, 0.2) is 0 Å². The molecule has 1 aliphatic heterocycles. The number of hydrogen-bond acceptors (Lipinski definition) is 4. The highest BCUT2D eigenvalue weighted by atomic mass is 19.4. The van der Waals surface area contributed by atoms with Crippen LogP contribution in [0.5, 0.6) is 0 Å². The van der Waals surface area contributed by atoms with Gasteiger partial charge in [0.05, 0.1) is 16.8 Å². The smallest absolute Gasteiger partial charge is 0.338 e. The van der Waals surface area contributed by atoms with Crippen LogP contribution in [-0.4, -0.2) is 63.7 Å². The molecule has 0 spiro atoms. The Morgan fingerprint density at radius 2 is 1.25 bits per heavy atom. The number of halogens is 6. The topological polar surface area (TPSA) is 56.8 Å². The Hall–Kier alpha value is -5.75. The quantitative estimate of drug-likeness (QED) is 0.1000. The summed E-state index contributed by atoms with van der Waals surface area (Å²) in [5, 5.41) is 0. The number of hydrogen-bond donors (Lipinski definition) is 0. The molecule has 284 valence electrons. The summed E-state index contributed by atoms with van der Waals surface area (Å²) in [5.41, 5.74) is 2.82. The van der Waals surface area contributed by atoms with Crippen LogP contribution in [0.3, 0.4) is 0 Å².